The molecule has 3 rings (SSSR count). The Morgan fingerprint density at radius 2 is 1.79 bits per heavy atom. The number of nitrogens with one attached hydrogen (secondary N) is 1. The molecule has 124 valence electrons. The Labute approximate surface area is 141 Å². The van der Waals surface area contributed by atoms with Crippen LogP contribution in [0, 0.1) is 0 Å². The van der Waals surface area contributed by atoms with Crippen molar-refractivity contribution in [2.45, 2.75) is 18.9 Å². The minimum atomic E-state index is -0.800. The summed E-state index contributed by atoms with van der Waals surface area (Å²) in [5.74, 6) is -0.0482. The highest BCUT2D eigenvalue weighted by atomic mass is 16.2. The van der Waals surface area contributed by atoms with Gasteiger partial charge in [-0.25, -0.2) is 4.79 Å². The number of amides is 3. The second-order valence-corrected chi connectivity index (χ2v) is 6.06. The fraction of sp³-hybridized carbons (Fsp3) is 0.263. The maximum Gasteiger partial charge on any atom is 0.318 e. The van der Waals surface area contributed by atoms with Crippen molar-refractivity contribution in [3.05, 3.63) is 71.3 Å². The number of primary amides is 1. The van der Waals surface area contributed by atoms with Crippen LogP contribution in [-0.4, -0.2) is 29.9 Å². The molecule has 1 atom stereocenters. The molecule has 1 aliphatic heterocycles. The van der Waals surface area contributed by atoms with E-state index in [1.807, 2.05) is 12.1 Å². The molecule has 3 amide bonds. The van der Waals surface area contributed by atoms with Gasteiger partial charge in [-0.3, -0.25) is 15.0 Å². The van der Waals surface area contributed by atoms with Gasteiger partial charge in [0.05, 0.1) is 0 Å². The highest BCUT2D eigenvalue weighted by Gasteiger charge is 2.26. The van der Waals surface area contributed by atoms with Gasteiger partial charge in [0.2, 0.25) is 5.91 Å². The number of benzene rings is 2. The second kappa shape index (κ2) is 7.27. The van der Waals surface area contributed by atoms with Crippen LogP contribution in [0.5, 0.6) is 0 Å². The van der Waals surface area contributed by atoms with Gasteiger partial charge in [-0.05, 0) is 16.7 Å². The molecule has 5 nitrogen and oxygen atoms in total. The first-order valence-electron chi connectivity index (χ1n) is 8.08. The van der Waals surface area contributed by atoms with Gasteiger partial charge in [-0.15, -0.1) is 0 Å². The van der Waals surface area contributed by atoms with Crippen LogP contribution in [-0.2, 0) is 11.3 Å². The number of urea groups is 1. The van der Waals surface area contributed by atoms with Crippen LogP contribution < -0.4 is 11.1 Å². The first-order chi connectivity index (χ1) is 11.6. The van der Waals surface area contributed by atoms with Crippen molar-refractivity contribution >= 4 is 11.9 Å². The van der Waals surface area contributed by atoms with Crippen molar-refractivity contribution < 1.29 is 9.59 Å². The molecule has 2 aromatic rings. The summed E-state index contributed by atoms with van der Waals surface area (Å²) >= 11 is 0. The second-order valence-electron chi connectivity index (χ2n) is 6.06. The van der Waals surface area contributed by atoms with E-state index >= 15 is 0 Å². The Morgan fingerprint density at radius 1 is 1.08 bits per heavy atom. The van der Waals surface area contributed by atoms with Gasteiger partial charge in [-0.1, -0.05) is 54.6 Å². The summed E-state index contributed by atoms with van der Waals surface area (Å²) in [4.78, 5) is 24.6. The lowest BCUT2D eigenvalue weighted by Crippen LogP contribution is -2.39. The van der Waals surface area contributed by atoms with Crippen LogP contribution in [0.15, 0.2) is 54.6 Å². The molecule has 0 radical (unpaired) electrons. The highest BCUT2D eigenvalue weighted by molar-refractivity contribution is 5.93. The fourth-order valence-corrected chi connectivity index (χ4v) is 3.28. The molecule has 5 heteroatoms. The molecule has 0 fully saturated rings. The molecule has 0 saturated heterocycles. The van der Waals surface area contributed by atoms with Crippen LogP contribution in [0.3, 0.4) is 0 Å². The van der Waals surface area contributed by atoms with E-state index in [9.17, 15) is 9.59 Å². The zero-order valence-corrected chi connectivity index (χ0v) is 13.4. The molecule has 1 heterocycles. The highest BCUT2D eigenvalue weighted by Crippen LogP contribution is 2.33. The van der Waals surface area contributed by atoms with Gasteiger partial charge in [0.25, 0.3) is 0 Å². The van der Waals surface area contributed by atoms with Gasteiger partial charge >= 0.3 is 6.03 Å². The summed E-state index contributed by atoms with van der Waals surface area (Å²) in [6, 6.07) is 18.1. The Hall–Kier alpha value is -2.66. The maximum absolute atomic E-state index is 11.7. The molecule has 2 aromatic carbocycles. The zero-order chi connectivity index (χ0) is 16.9. The van der Waals surface area contributed by atoms with Crippen molar-refractivity contribution in [2.24, 2.45) is 5.73 Å². The number of fused-ring (bicyclic) bond motifs is 1. The molecular formula is C19H21N3O2. The largest absolute Gasteiger partial charge is 0.351 e. The van der Waals surface area contributed by atoms with Gasteiger partial charge < -0.3 is 5.73 Å². The molecule has 0 bridgehead atoms. The molecule has 24 heavy (non-hydrogen) atoms. The van der Waals surface area contributed by atoms with E-state index in [-0.39, 0.29) is 18.2 Å². The van der Waals surface area contributed by atoms with E-state index < -0.39 is 6.03 Å². The van der Waals surface area contributed by atoms with E-state index in [1.54, 1.807) is 0 Å². The van der Waals surface area contributed by atoms with E-state index in [1.165, 1.54) is 16.7 Å². The Morgan fingerprint density at radius 3 is 2.54 bits per heavy atom. The van der Waals surface area contributed by atoms with E-state index in [0.29, 0.717) is 6.54 Å². The van der Waals surface area contributed by atoms with Crippen LogP contribution in [0.1, 0.15) is 29.0 Å². The quantitative estimate of drug-likeness (QED) is 0.906. The number of rotatable bonds is 4. The van der Waals surface area contributed by atoms with Crippen molar-refractivity contribution in [1.82, 2.24) is 10.2 Å². The van der Waals surface area contributed by atoms with Gasteiger partial charge in [-0.2, -0.15) is 0 Å². The fourth-order valence-electron chi connectivity index (χ4n) is 3.28. The van der Waals surface area contributed by atoms with E-state index in [2.05, 4.69) is 52.7 Å². The lowest BCUT2D eigenvalue weighted by atomic mass is 9.84. The average molecular weight is 323 g/mol. The summed E-state index contributed by atoms with van der Waals surface area (Å²) in [7, 11) is 0. The number of imide groups is 1. The van der Waals surface area contributed by atoms with Crippen LogP contribution in [0.2, 0.25) is 0 Å². The number of hydrogen-bond acceptors (Lipinski definition) is 3. The summed E-state index contributed by atoms with van der Waals surface area (Å²) in [5.41, 5.74) is 8.89. The van der Waals surface area contributed by atoms with Crippen LogP contribution in [0.25, 0.3) is 0 Å². The molecular weight excluding hydrogens is 302 g/mol. The predicted molar refractivity (Wildman–Crippen MR) is 92.3 cm³/mol. The average Bonchev–Trinajstić information content (AvgIpc) is 2.59. The number of carbonyl (C=O) groups excluding carboxylic acids is 2. The Kier molecular flexibility index (Phi) is 4.91. The number of nitrogens with two attached hydrogens (primary N) is 1. The molecule has 0 aliphatic carbocycles. The third kappa shape index (κ3) is 3.81. The maximum atomic E-state index is 11.7. The normalized spacial score (nSPS) is 17.1. The van der Waals surface area contributed by atoms with Crippen molar-refractivity contribution in [3.8, 4) is 0 Å². The zero-order valence-electron chi connectivity index (χ0n) is 13.4. The standard InChI is InChI=1S/C19H21N3O2/c20-19(24)21-18(23)10-11-22-12-15-8-4-5-9-16(15)17(13-22)14-6-2-1-3-7-14/h1-9,17H,10-13H2,(H3,20,21,23,24). The van der Waals surface area contributed by atoms with Crippen LogP contribution in [0.4, 0.5) is 4.79 Å². The Balaban J connectivity index is 1.76. The number of nitrogens with zero attached hydrogens (tertiary/aromatic N) is 1. The SMILES string of the molecule is NC(=O)NC(=O)CCN1Cc2ccccc2C(c2ccccc2)C1. The topological polar surface area (TPSA) is 75.4 Å². The summed E-state index contributed by atoms with van der Waals surface area (Å²) < 4.78 is 0. The van der Waals surface area contributed by atoms with Crippen molar-refractivity contribution in [2.75, 3.05) is 13.1 Å². The lowest BCUT2D eigenvalue weighted by Gasteiger charge is -2.35. The summed E-state index contributed by atoms with van der Waals surface area (Å²) in [6.07, 6.45) is 0.257. The molecule has 0 spiro atoms. The number of carbonyl (C=O) groups is 2. The molecule has 3 N–H and O–H groups in total. The van der Waals surface area contributed by atoms with Crippen molar-refractivity contribution in [1.29, 1.82) is 0 Å². The molecule has 1 unspecified atom stereocenters. The predicted octanol–water partition coefficient (Wildman–Crippen LogP) is 2.22. The van der Waals surface area contributed by atoms with Gasteiger partial charge in [0.15, 0.2) is 0 Å². The van der Waals surface area contributed by atoms with E-state index in [0.717, 1.165) is 13.1 Å². The smallest absolute Gasteiger partial charge is 0.318 e. The van der Waals surface area contributed by atoms with Gasteiger partial charge in [0, 0.05) is 32.0 Å². The number of hydrogen-bond donors (Lipinski definition) is 2. The van der Waals surface area contributed by atoms with Gasteiger partial charge in [0.1, 0.15) is 0 Å². The first kappa shape index (κ1) is 16.2. The monoisotopic (exact) mass is 323 g/mol. The molecule has 0 aromatic heterocycles. The third-order valence-electron chi connectivity index (χ3n) is 4.38. The minimum Gasteiger partial charge on any atom is -0.351 e. The van der Waals surface area contributed by atoms with Crippen molar-refractivity contribution in [3.63, 3.8) is 0 Å². The molecule has 0 saturated carbocycles. The first-order valence-corrected chi connectivity index (χ1v) is 8.08. The Bertz CT molecular complexity index is 730. The van der Waals surface area contributed by atoms with E-state index in [4.69, 9.17) is 5.73 Å². The third-order valence-corrected chi connectivity index (χ3v) is 4.38. The molecule has 1 aliphatic rings. The van der Waals surface area contributed by atoms with Crippen LogP contribution >= 0.6 is 0 Å². The minimum absolute atomic E-state index is 0.257. The summed E-state index contributed by atoms with van der Waals surface area (Å²) in [5, 5.41) is 2.12. The lowest BCUT2D eigenvalue weighted by molar-refractivity contribution is -0.120. The summed E-state index contributed by atoms with van der Waals surface area (Å²) in [6.45, 7) is 2.25.